The van der Waals surface area contributed by atoms with Gasteiger partial charge in [-0.1, -0.05) is 39.2 Å². The number of rotatable bonds is 15. The molecule has 4 N–H and O–H groups in total. The number of hydrogen-bond acceptors (Lipinski definition) is 7. The maximum absolute atomic E-state index is 14.8. The van der Waals surface area contributed by atoms with Crippen LogP contribution in [0.5, 0.6) is 0 Å². The summed E-state index contributed by atoms with van der Waals surface area (Å²) in [5, 5.41) is 12.1. The highest BCUT2D eigenvalue weighted by Crippen LogP contribution is 2.65. The molecule has 324 valence electrons. The standard InChI is InChI=1S/C47H69N5O7/c1-4-5-11-35(40(54)42(56)48-13-12-36(53)59-47-23-30-17-31(24-47)19-32(18-30)25-47)49-41(55)39-37-34(45(37,2)3)26-52(39)43(57)38(33-9-7-6-8-10-33)50-44(58)51-46-20-27-14-28(21-46)16-29(15-27)22-46/h4,27-35,37-39H,1,5-26H2,2-3H3,(H,48,56)(H,49,55)(H2,50,51,58)/t27?,28?,29?,30?,31?,32?,34-,35-,37-,38-,39-,46?,47?/m0/s1. The van der Waals surface area contributed by atoms with Gasteiger partial charge in [0, 0.05) is 18.6 Å². The molecule has 10 saturated carbocycles. The Labute approximate surface area is 350 Å². The van der Waals surface area contributed by atoms with Crippen molar-refractivity contribution < 1.29 is 33.5 Å². The molecule has 11 rings (SSSR count). The molecule has 5 amide bonds. The van der Waals surface area contributed by atoms with Gasteiger partial charge < -0.3 is 30.9 Å². The van der Waals surface area contributed by atoms with E-state index < -0.39 is 35.7 Å². The lowest BCUT2D eigenvalue weighted by atomic mass is 9.53. The largest absolute Gasteiger partial charge is 0.459 e. The van der Waals surface area contributed by atoms with Gasteiger partial charge in [0.05, 0.1) is 12.5 Å². The first-order chi connectivity index (χ1) is 28.2. The van der Waals surface area contributed by atoms with Crippen molar-refractivity contribution in [2.24, 2.45) is 58.7 Å². The molecule has 0 aromatic heterocycles. The van der Waals surface area contributed by atoms with Gasteiger partial charge in [-0.15, -0.1) is 6.58 Å². The van der Waals surface area contributed by atoms with E-state index in [1.165, 1.54) is 38.5 Å². The van der Waals surface area contributed by atoms with Crippen molar-refractivity contribution in [1.29, 1.82) is 0 Å². The van der Waals surface area contributed by atoms with Crippen molar-refractivity contribution in [2.75, 3.05) is 13.1 Å². The number of ketones is 1. The summed E-state index contributed by atoms with van der Waals surface area (Å²) in [5.74, 6) is 1.21. The SMILES string of the molecule is C=CCC[C@H](NC(=O)[C@@H]1[C@@H]2[C@H](CN1C(=O)[C@@H](NC(=O)NC13CC4CC(CC(C4)C1)C3)C1CCCCC1)C2(C)C)C(=O)C(=O)NCCC(=O)OC12CC3CC(CC(C3)C1)C2. The summed E-state index contributed by atoms with van der Waals surface area (Å²) in [4.78, 5) is 84.9. The number of hydrogen-bond donors (Lipinski definition) is 4. The first kappa shape index (κ1) is 40.9. The van der Waals surface area contributed by atoms with Crippen LogP contribution in [0.2, 0.25) is 0 Å². The molecule has 12 nitrogen and oxygen atoms in total. The number of nitrogens with zero attached hydrogens (tertiary/aromatic N) is 1. The van der Waals surface area contributed by atoms with Crippen molar-refractivity contribution in [3.63, 3.8) is 0 Å². The van der Waals surface area contributed by atoms with Crippen LogP contribution in [0.3, 0.4) is 0 Å². The molecule has 5 atom stereocenters. The van der Waals surface area contributed by atoms with Crippen molar-refractivity contribution in [2.45, 2.75) is 172 Å². The number of urea groups is 1. The van der Waals surface area contributed by atoms with Gasteiger partial charge in [0.2, 0.25) is 17.6 Å². The van der Waals surface area contributed by atoms with Crippen molar-refractivity contribution >= 4 is 35.5 Å². The molecule has 1 heterocycles. The first-order valence-electron chi connectivity index (χ1n) is 23.6. The third kappa shape index (κ3) is 8.08. The predicted octanol–water partition coefficient (Wildman–Crippen LogP) is 5.72. The minimum atomic E-state index is -1.13. The van der Waals surface area contributed by atoms with Crippen molar-refractivity contribution in [1.82, 2.24) is 26.2 Å². The van der Waals surface area contributed by atoms with E-state index in [2.05, 4.69) is 41.7 Å². The van der Waals surface area contributed by atoms with Crippen LogP contribution in [-0.2, 0) is 28.7 Å². The Balaban J connectivity index is 0.840. The molecular formula is C47H69N5O7. The Morgan fingerprint density at radius 3 is 1.95 bits per heavy atom. The monoisotopic (exact) mass is 816 g/mol. The van der Waals surface area contributed by atoms with E-state index in [1.54, 1.807) is 11.0 Å². The fraction of sp³-hybridized carbons (Fsp3) is 0.830. The van der Waals surface area contributed by atoms with Gasteiger partial charge in [0.15, 0.2) is 0 Å². The number of fused-ring (bicyclic) bond motifs is 1. The fourth-order valence-corrected chi connectivity index (χ4v) is 15.3. The maximum Gasteiger partial charge on any atom is 0.315 e. The third-order valence-corrected chi connectivity index (χ3v) is 17.3. The topological polar surface area (TPSA) is 163 Å². The van der Waals surface area contributed by atoms with Gasteiger partial charge in [0.1, 0.15) is 17.7 Å². The van der Waals surface area contributed by atoms with Gasteiger partial charge in [-0.05, 0) is 161 Å². The molecule has 0 spiro atoms. The highest BCUT2D eigenvalue weighted by atomic mass is 16.6. The van der Waals surface area contributed by atoms with Crippen LogP contribution in [0.1, 0.15) is 142 Å². The zero-order chi connectivity index (χ0) is 41.3. The molecule has 0 aromatic rings. The summed E-state index contributed by atoms with van der Waals surface area (Å²) >= 11 is 0. The number of piperidine rings is 1. The van der Waals surface area contributed by atoms with Gasteiger partial charge in [-0.2, -0.15) is 0 Å². The quantitative estimate of drug-likeness (QED) is 0.0934. The van der Waals surface area contributed by atoms with E-state index in [1.807, 2.05) is 0 Å². The zero-order valence-electron chi connectivity index (χ0n) is 35.6. The number of amides is 5. The highest BCUT2D eigenvalue weighted by molar-refractivity contribution is 6.38. The van der Waals surface area contributed by atoms with Crippen LogP contribution >= 0.6 is 0 Å². The van der Waals surface area contributed by atoms with E-state index in [9.17, 15) is 28.8 Å². The van der Waals surface area contributed by atoms with E-state index >= 15 is 0 Å². The molecular weight excluding hydrogens is 747 g/mol. The average molecular weight is 816 g/mol. The average Bonchev–Trinajstić information content (AvgIpc) is 3.46. The van der Waals surface area contributed by atoms with Crippen LogP contribution in [0.15, 0.2) is 12.7 Å². The van der Waals surface area contributed by atoms with Crippen LogP contribution < -0.4 is 21.3 Å². The number of likely N-dealkylation sites (tertiary alicyclic amines) is 1. The van der Waals surface area contributed by atoms with Crippen LogP contribution in [0.25, 0.3) is 0 Å². The Morgan fingerprint density at radius 1 is 0.797 bits per heavy atom. The summed E-state index contributed by atoms with van der Waals surface area (Å²) < 4.78 is 6.09. The highest BCUT2D eigenvalue weighted by Gasteiger charge is 2.70. The molecule has 0 aromatic carbocycles. The Morgan fingerprint density at radius 2 is 1.37 bits per heavy atom. The second-order valence-corrected chi connectivity index (χ2v) is 21.9. The van der Waals surface area contributed by atoms with Crippen molar-refractivity contribution in [3.8, 4) is 0 Å². The number of Topliss-reactive ketones (excluding diaryl/α,β-unsaturated/α-hetero) is 1. The Hall–Kier alpha value is -3.44. The molecule has 0 unspecified atom stereocenters. The lowest BCUT2D eigenvalue weighted by Gasteiger charge is -2.56. The molecule has 59 heavy (non-hydrogen) atoms. The van der Waals surface area contributed by atoms with Gasteiger partial charge in [0.25, 0.3) is 5.91 Å². The van der Waals surface area contributed by atoms with Gasteiger partial charge in [-0.25, -0.2) is 4.79 Å². The summed E-state index contributed by atoms with van der Waals surface area (Å²) in [6.45, 7) is 8.39. The molecule has 1 aliphatic heterocycles. The first-order valence-corrected chi connectivity index (χ1v) is 23.6. The maximum atomic E-state index is 14.8. The summed E-state index contributed by atoms with van der Waals surface area (Å²) in [6.07, 6.45) is 20.3. The summed E-state index contributed by atoms with van der Waals surface area (Å²) in [6, 6.07) is -2.99. The molecule has 12 heteroatoms. The number of carbonyl (C=O) groups is 6. The molecule has 1 saturated heterocycles. The zero-order valence-corrected chi connectivity index (χ0v) is 35.6. The van der Waals surface area contributed by atoms with E-state index in [0.29, 0.717) is 48.5 Å². The molecule has 11 aliphatic rings. The minimum absolute atomic E-state index is 0.0255. The smallest absolute Gasteiger partial charge is 0.315 e. The van der Waals surface area contributed by atoms with E-state index in [-0.39, 0.29) is 71.6 Å². The lowest BCUT2D eigenvalue weighted by molar-refractivity contribution is -0.186. The summed E-state index contributed by atoms with van der Waals surface area (Å²) in [7, 11) is 0. The van der Waals surface area contributed by atoms with Crippen LogP contribution in [0.4, 0.5) is 4.79 Å². The Kier molecular flexibility index (Phi) is 11.0. The second-order valence-electron chi connectivity index (χ2n) is 21.9. The van der Waals surface area contributed by atoms with Crippen LogP contribution in [0, 0.1) is 58.7 Å². The normalized spacial score (nSPS) is 39.1. The fourth-order valence-electron chi connectivity index (χ4n) is 15.3. The number of allylic oxidation sites excluding steroid dienone is 1. The number of nitrogens with one attached hydrogen (secondary N) is 4. The number of carbonyl (C=O) groups excluding carboxylic acids is 6. The predicted molar refractivity (Wildman–Crippen MR) is 220 cm³/mol. The lowest BCUT2D eigenvalue weighted by Crippen LogP contribution is -2.64. The van der Waals surface area contributed by atoms with E-state index in [4.69, 9.17) is 4.74 Å². The van der Waals surface area contributed by atoms with Crippen LogP contribution in [-0.4, -0.2) is 82.8 Å². The minimum Gasteiger partial charge on any atom is -0.459 e. The van der Waals surface area contributed by atoms with Crippen molar-refractivity contribution in [3.05, 3.63) is 12.7 Å². The van der Waals surface area contributed by atoms with Gasteiger partial charge >= 0.3 is 12.0 Å². The second kappa shape index (κ2) is 15.8. The molecule has 10 aliphatic carbocycles. The Bertz CT molecular complexity index is 1650. The number of esters is 1. The molecule has 0 radical (unpaired) electrons. The number of ether oxygens (including phenoxy) is 1. The van der Waals surface area contributed by atoms with Gasteiger partial charge in [-0.3, -0.25) is 24.0 Å². The third-order valence-electron chi connectivity index (χ3n) is 17.3. The molecule has 8 bridgehead atoms. The van der Waals surface area contributed by atoms with E-state index in [0.717, 1.165) is 70.6 Å². The molecule has 11 fully saturated rings. The summed E-state index contributed by atoms with van der Waals surface area (Å²) in [5.41, 5.74) is -0.744.